The number of fused-ring (bicyclic) bond motifs is 1. The maximum Gasteiger partial charge on any atom is 0.260 e. The summed E-state index contributed by atoms with van der Waals surface area (Å²) in [5.74, 6) is 1.16. The maximum atomic E-state index is 13.1. The van der Waals surface area contributed by atoms with Crippen LogP contribution in [0.5, 0.6) is 5.75 Å². The zero-order valence-electron chi connectivity index (χ0n) is 21.8. The molecule has 0 spiro atoms. The van der Waals surface area contributed by atoms with E-state index >= 15 is 0 Å². The summed E-state index contributed by atoms with van der Waals surface area (Å²) in [4.78, 5) is 36.9. The summed E-state index contributed by atoms with van der Waals surface area (Å²) < 4.78 is 7.34. The summed E-state index contributed by atoms with van der Waals surface area (Å²) in [5, 5.41) is 23.9. The fourth-order valence-corrected chi connectivity index (χ4v) is 4.34. The van der Waals surface area contributed by atoms with Crippen LogP contribution in [0.15, 0.2) is 55.1 Å². The number of anilines is 2. The third-order valence-corrected chi connectivity index (χ3v) is 6.35. The van der Waals surface area contributed by atoms with Gasteiger partial charge in [-0.05, 0) is 50.6 Å². The van der Waals surface area contributed by atoms with Gasteiger partial charge in [0.15, 0.2) is 0 Å². The first kappa shape index (κ1) is 25.8. The van der Waals surface area contributed by atoms with Crippen LogP contribution in [0, 0.1) is 11.3 Å². The highest BCUT2D eigenvalue weighted by atomic mass is 16.5. The number of hydrogen-bond acceptors (Lipinski definition) is 8. The Morgan fingerprint density at radius 2 is 2.03 bits per heavy atom. The van der Waals surface area contributed by atoms with Crippen LogP contribution in [0.4, 0.5) is 11.6 Å². The Labute approximate surface area is 224 Å². The molecular formula is C28H27N7O4. The zero-order chi connectivity index (χ0) is 27.7. The number of aliphatic hydroxyl groups is 1. The number of ether oxygens (including phenoxy) is 1. The maximum absolute atomic E-state index is 13.1. The van der Waals surface area contributed by atoms with E-state index in [2.05, 4.69) is 21.1 Å². The summed E-state index contributed by atoms with van der Waals surface area (Å²) in [6, 6.07) is 10.8. The minimum absolute atomic E-state index is 0.0346. The van der Waals surface area contributed by atoms with Gasteiger partial charge in [-0.3, -0.25) is 19.4 Å². The van der Waals surface area contributed by atoms with Gasteiger partial charge in [-0.15, -0.1) is 0 Å². The van der Waals surface area contributed by atoms with Crippen molar-refractivity contribution in [3.63, 3.8) is 0 Å². The second-order valence-electron chi connectivity index (χ2n) is 9.98. The van der Waals surface area contributed by atoms with Crippen molar-refractivity contribution in [2.24, 2.45) is 0 Å². The summed E-state index contributed by atoms with van der Waals surface area (Å²) in [6.45, 7) is 3.99. The van der Waals surface area contributed by atoms with Gasteiger partial charge in [-0.25, -0.2) is 14.5 Å². The van der Waals surface area contributed by atoms with Crippen LogP contribution in [0.25, 0.3) is 16.6 Å². The van der Waals surface area contributed by atoms with Gasteiger partial charge in [0.25, 0.3) is 5.91 Å². The SMILES string of the molecule is CN(C(=O)c1ccc(N2CCCC2=O)nc1)c1ccc(-c2cc(OCC(C)(C)O)cn3ncc(C#N)c23)cn1. The van der Waals surface area contributed by atoms with Gasteiger partial charge in [-0.1, -0.05) is 0 Å². The van der Waals surface area contributed by atoms with Gasteiger partial charge >= 0.3 is 0 Å². The average Bonchev–Trinajstić information content (AvgIpc) is 3.56. The first-order valence-electron chi connectivity index (χ1n) is 12.4. The molecule has 198 valence electrons. The van der Waals surface area contributed by atoms with E-state index in [9.17, 15) is 20.0 Å². The number of pyridine rings is 3. The molecule has 1 aliphatic heterocycles. The second-order valence-corrected chi connectivity index (χ2v) is 9.98. The van der Waals surface area contributed by atoms with E-state index in [-0.39, 0.29) is 18.4 Å². The van der Waals surface area contributed by atoms with Crippen molar-refractivity contribution >= 4 is 29.0 Å². The molecule has 2 amide bonds. The van der Waals surface area contributed by atoms with Crippen LogP contribution in [0.1, 0.15) is 42.6 Å². The number of nitrogens with zero attached hydrogens (tertiary/aromatic N) is 7. The molecule has 0 saturated carbocycles. The van der Waals surface area contributed by atoms with Crippen LogP contribution < -0.4 is 14.5 Å². The van der Waals surface area contributed by atoms with Gasteiger partial charge in [0.05, 0.1) is 34.6 Å². The van der Waals surface area contributed by atoms with Crippen molar-refractivity contribution in [1.82, 2.24) is 19.6 Å². The lowest BCUT2D eigenvalue weighted by Gasteiger charge is -2.19. The number of rotatable bonds is 7. The Balaban J connectivity index is 1.40. The Kier molecular flexibility index (Phi) is 6.72. The Morgan fingerprint density at radius 3 is 2.64 bits per heavy atom. The lowest BCUT2D eigenvalue weighted by atomic mass is 10.1. The van der Waals surface area contributed by atoms with Gasteiger partial charge in [0.2, 0.25) is 5.91 Å². The van der Waals surface area contributed by atoms with Gasteiger partial charge in [0.1, 0.15) is 30.1 Å². The lowest BCUT2D eigenvalue weighted by Crippen LogP contribution is -2.28. The van der Waals surface area contributed by atoms with E-state index in [1.54, 1.807) is 73.0 Å². The highest BCUT2D eigenvalue weighted by Gasteiger charge is 2.24. The van der Waals surface area contributed by atoms with E-state index in [0.717, 1.165) is 6.42 Å². The molecule has 0 atom stereocenters. The van der Waals surface area contributed by atoms with Crippen molar-refractivity contribution < 1.29 is 19.4 Å². The number of amides is 2. The fraction of sp³-hybridized carbons (Fsp3) is 0.286. The highest BCUT2D eigenvalue weighted by molar-refractivity contribution is 6.05. The number of carbonyl (C=O) groups is 2. The molecule has 4 aromatic heterocycles. The van der Waals surface area contributed by atoms with Crippen molar-refractivity contribution in [1.29, 1.82) is 5.26 Å². The average molecular weight is 526 g/mol. The van der Waals surface area contributed by atoms with Crippen LogP contribution in [-0.4, -0.2) is 62.3 Å². The highest BCUT2D eigenvalue weighted by Crippen LogP contribution is 2.31. The molecule has 39 heavy (non-hydrogen) atoms. The molecule has 0 unspecified atom stereocenters. The number of carbonyl (C=O) groups excluding carboxylic acids is 2. The topological polar surface area (TPSA) is 137 Å². The number of hydrogen-bond donors (Lipinski definition) is 1. The molecule has 0 bridgehead atoms. The van der Waals surface area contributed by atoms with Crippen LogP contribution in [0.3, 0.4) is 0 Å². The monoisotopic (exact) mass is 525 g/mol. The molecule has 1 N–H and O–H groups in total. The van der Waals surface area contributed by atoms with E-state index in [1.165, 1.54) is 17.3 Å². The third-order valence-electron chi connectivity index (χ3n) is 6.35. The van der Waals surface area contributed by atoms with Gasteiger partial charge in [0, 0.05) is 43.5 Å². The van der Waals surface area contributed by atoms with E-state index in [0.29, 0.717) is 58.1 Å². The van der Waals surface area contributed by atoms with E-state index in [4.69, 9.17) is 4.74 Å². The molecule has 4 aromatic rings. The largest absolute Gasteiger partial charge is 0.489 e. The predicted octanol–water partition coefficient (Wildman–Crippen LogP) is 3.22. The first-order valence-corrected chi connectivity index (χ1v) is 12.4. The first-order chi connectivity index (χ1) is 18.6. The number of nitriles is 1. The molecule has 11 heteroatoms. The molecule has 11 nitrogen and oxygen atoms in total. The lowest BCUT2D eigenvalue weighted by molar-refractivity contribution is -0.117. The summed E-state index contributed by atoms with van der Waals surface area (Å²) in [5.41, 5.74) is 1.68. The van der Waals surface area contributed by atoms with E-state index in [1.807, 2.05) is 0 Å². The third kappa shape index (κ3) is 5.28. The molecule has 0 aliphatic carbocycles. The molecule has 5 heterocycles. The molecule has 1 fully saturated rings. The van der Waals surface area contributed by atoms with Crippen LogP contribution in [-0.2, 0) is 4.79 Å². The molecule has 0 radical (unpaired) electrons. The quantitative estimate of drug-likeness (QED) is 0.388. The molecule has 0 aromatic carbocycles. The Hall–Kier alpha value is -4.82. The molecule has 1 aliphatic rings. The van der Waals surface area contributed by atoms with Crippen LogP contribution in [0.2, 0.25) is 0 Å². The molecular weight excluding hydrogens is 498 g/mol. The van der Waals surface area contributed by atoms with Gasteiger partial charge in [-0.2, -0.15) is 10.4 Å². The minimum Gasteiger partial charge on any atom is -0.489 e. The zero-order valence-corrected chi connectivity index (χ0v) is 21.8. The molecule has 5 rings (SSSR count). The van der Waals surface area contributed by atoms with Crippen LogP contribution >= 0.6 is 0 Å². The van der Waals surface area contributed by atoms with Crippen molar-refractivity contribution in [3.8, 4) is 22.9 Å². The second kappa shape index (κ2) is 10.2. The van der Waals surface area contributed by atoms with Gasteiger partial charge < -0.3 is 9.84 Å². The summed E-state index contributed by atoms with van der Waals surface area (Å²) >= 11 is 0. The summed E-state index contributed by atoms with van der Waals surface area (Å²) in [6.07, 6.45) is 7.52. The molecule has 1 saturated heterocycles. The van der Waals surface area contributed by atoms with Crippen molar-refractivity contribution in [2.45, 2.75) is 32.3 Å². The number of aromatic nitrogens is 4. The Morgan fingerprint density at radius 1 is 1.21 bits per heavy atom. The predicted molar refractivity (Wildman–Crippen MR) is 143 cm³/mol. The smallest absolute Gasteiger partial charge is 0.260 e. The normalized spacial score (nSPS) is 13.5. The summed E-state index contributed by atoms with van der Waals surface area (Å²) in [7, 11) is 1.62. The fourth-order valence-electron chi connectivity index (χ4n) is 4.34. The van der Waals surface area contributed by atoms with Crippen molar-refractivity contribution in [2.75, 3.05) is 30.0 Å². The van der Waals surface area contributed by atoms with Crippen molar-refractivity contribution in [3.05, 3.63) is 66.2 Å². The minimum atomic E-state index is -1.03. The standard InChI is InChI=1S/C28H27N7O4/c1-28(2,38)17-39-21-11-22(26-20(12-29)15-32-35(26)16-21)18-6-8-23(30-13-18)33(3)27(37)19-7-9-24(31-14-19)34-10-4-5-25(34)36/h6-9,11,13-16,38H,4-5,10,17H2,1-3H3. The Bertz CT molecular complexity index is 1580. The van der Waals surface area contributed by atoms with E-state index < -0.39 is 5.60 Å².